The highest BCUT2D eigenvalue weighted by Crippen LogP contribution is 2.44. The molecule has 2 aromatic rings. The number of hydrogen-bond donors (Lipinski definition) is 1. The lowest BCUT2D eigenvalue weighted by Gasteiger charge is -2.35. The highest BCUT2D eigenvalue weighted by atomic mass is 14.9. The van der Waals surface area contributed by atoms with E-state index in [4.69, 9.17) is 2.74 Å². The minimum Gasteiger partial charge on any atom is -0.355 e. The van der Waals surface area contributed by atoms with Crippen LogP contribution in [0.3, 0.4) is 0 Å². The fourth-order valence-electron chi connectivity index (χ4n) is 2.31. The molecule has 1 heteroatoms. The number of benzene rings is 2. The molecule has 0 aliphatic carbocycles. The van der Waals surface area contributed by atoms with Crippen molar-refractivity contribution in [3.05, 3.63) is 59.7 Å². The number of anilines is 2. The summed E-state index contributed by atoms with van der Waals surface area (Å²) in [5.74, 6) is 0. The molecule has 1 N–H and O–H groups in total. The normalized spacial score (nSPS) is 17.5. The summed E-state index contributed by atoms with van der Waals surface area (Å²) in [7, 11) is 0. The van der Waals surface area contributed by atoms with Crippen molar-refractivity contribution in [3.63, 3.8) is 0 Å². The summed E-state index contributed by atoms with van der Waals surface area (Å²) < 4.78 is 15.9. The van der Waals surface area contributed by atoms with Gasteiger partial charge in [0.25, 0.3) is 0 Å². The lowest BCUT2D eigenvalue weighted by molar-refractivity contribution is 0.638. The van der Waals surface area contributed by atoms with Crippen molar-refractivity contribution in [1.29, 1.82) is 0 Å². The van der Waals surface area contributed by atoms with Gasteiger partial charge < -0.3 is 5.32 Å². The van der Waals surface area contributed by atoms with Crippen molar-refractivity contribution in [1.82, 2.24) is 0 Å². The second-order valence-electron chi connectivity index (χ2n) is 4.30. The Bertz CT molecular complexity index is 529. The van der Waals surface area contributed by atoms with Gasteiger partial charge in [0, 0.05) is 19.5 Å². The van der Waals surface area contributed by atoms with Crippen molar-refractivity contribution < 1.29 is 2.74 Å². The first kappa shape index (κ1) is 7.50. The smallest absolute Gasteiger partial charge is 0.0425 e. The maximum Gasteiger partial charge on any atom is 0.0425 e. The van der Waals surface area contributed by atoms with Crippen molar-refractivity contribution in [2.75, 3.05) is 5.32 Å². The van der Waals surface area contributed by atoms with Crippen LogP contribution in [-0.2, 0) is 5.41 Å². The molecule has 2 aromatic carbocycles. The van der Waals surface area contributed by atoms with E-state index in [2.05, 4.69) is 5.32 Å². The van der Waals surface area contributed by atoms with Crippen LogP contribution in [0, 0.1) is 0 Å². The standard InChI is InChI=1S/C15H15N/c1-15(2)11-7-3-5-9-13(11)16-14-10-6-4-8-12(14)15/h3-10,16H,1-2H3/i1D,2D. The fourth-order valence-corrected chi connectivity index (χ4v) is 2.31. The third kappa shape index (κ3) is 1.18. The van der Waals surface area contributed by atoms with E-state index >= 15 is 0 Å². The lowest BCUT2D eigenvalue weighted by atomic mass is 9.74. The Hall–Kier alpha value is -1.76. The van der Waals surface area contributed by atoms with E-state index in [-0.39, 0.29) is 13.8 Å². The predicted octanol–water partition coefficient (Wildman–Crippen LogP) is 4.07. The molecule has 0 amide bonds. The quantitative estimate of drug-likeness (QED) is 0.692. The molecule has 0 bridgehead atoms. The lowest BCUT2D eigenvalue weighted by Crippen LogP contribution is -2.25. The van der Waals surface area contributed by atoms with Gasteiger partial charge in [0.15, 0.2) is 0 Å². The van der Waals surface area contributed by atoms with Crippen molar-refractivity contribution >= 4 is 11.4 Å². The Balaban J connectivity index is 2.30. The Kier molecular flexibility index (Phi) is 1.46. The van der Waals surface area contributed by atoms with Crippen molar-refractivity contribution in [2.45, 2.75) is 19.2 Å². The minimum atomic E-state index is -0.502. The van der Waals surface area contributed by atoms with E-state index in [1.807, 2.05) is 48.5 Å². The first-order valence-electron chi connectivity index (χ1n) is 6.78. The molecule has 1 aliphatic heterocycles. The van der Waals surface area contributed by atoms with Crippen LogP contribution < -0.4 is 5.32 Å². The van der Waals surface area contributed by atoms with Gasteiger partial charge >= 0.3 is 0 Å². The van der Waals surface area contributed by atoms with Crippen LogP contribution in [0.1, 0.15) is 27.7 Å². The number of para-hydroxylation sites is 2. The molecule has 16 heavy (non-hydrogen) atoms. The van der Waals surface area contributed by atoms with Crippen molar-refractivity contribution in [3.8, 4) is 0 Å². The molecule has 80 valence electrons. The molecule has 1 nitrogen and oxygen atoms in total. The molecule has 0 unspecified atom stereocenters. The predicted molar refractivity (Wildman–Crippen MR) is 68.3 cm³/mol. The molecule has 3 rings (SSSR count). The summed E-state index contributed by atoms with van der Waals surface area (Å²) in [5, 5.41) is 3.40. The number of fused-ring (bicyclic) bond motifs is 2. The molecule has 0 saturated carbocycles. The van der Waals surface area contributed by atoms with Gasteiger partial charge in [-0.25, -0.2) is 0 Å². The van der Waals surface area contributed by atoms with E-state index in [9.17, 15) is 0 Å². The average Bonchev–Trinajstić information content (AvgIpc) is 2.45. The highest BCUT2D eigenvalue weighted by molar-refractivity contribution is 5.75. The zero-order chi connectivity index (χ0) is 12.6. The van der Waals surface area contributed by atoms with Gasteiger partial charge in [0.2, 0.25) is 0 Å². The highest BCUT2D eigenvalue weighted by Gasteiger charge is 2.31. The molecule has 0 spiro atoms. The van der Waals surface area contributed by atoms with Gasteiger partial charge in [0.1, 0.15) is 0 Å². The Labute approximate surface area is 98.9 Å². The Morgan fingerprint density at radius 1 is 0.875 bits per heavy atom. The van der Waals surface area contributed by atoms with Crippen LogP contribution in [0.2, 0.25) is 0 Å². The zero-order valence-corrected chi connectivity index (χ0v) is 9.03. The summed E-state index contributed by atoms with van der Waals surface area (Å²) in [6, 6.07) is 16.0. The second-order valence-corrected chi connectivity index (χ2v) is 4.30. The molecule has 0 radical (unpaired) electrons. The summed E-state index contributed by atoms with van der Waals surface area (Å²) >= 11 is 0. The van der Waals surface area contributed by atoms with Crippen LogP contribution in [0.15, 0.2) is 48.5 Å². The number of rotatable bonds is 0. The van der Waals surface area contributed by atoms with Gasteiger partial charge in [-0.3, -0.25) is 0 Å². The molecular weight excluding hydrogens is 194 g/mol. The summed E-state index contributed by atoms with van der Waals surface area (Å²) in [6.07, 6.45) is 0. The molecule has 0 atom stereocenters. The molecule has 0 saturated heterocycles. The fraction of sp³-hybridized carbons (Fsp3) is 0.200. The number of hydrogen-bond acceptors (Lipinski definition) is 1. The van der Waals surface area contributed by atoms with Gasteiger partial charge in [-0.15, -0.1) is 0 Å². The van der Waals surface area contributed by atoms with Gasteiger partial charge in [-0.2, -0.15) is 0 Å². The van der Waals surface area contributed by atoms with E-state index < -0.39 is 5.41 Å². The van der Waals surface area contributed by atoms with Crippen molar-refractivity contribution in [2.24, 2.45) is 0 Å². The molecule has 1 heterocycles. The van der Waals surface area contributed by atoms with Gasteiger partial charge in [-0.1, -0.05) is 50.2 Å². The maximum absolute atomic E-state index is 7.96. The average molecular weight is 211 g/mol. The third-order valence-electron chi connectivity index (χ3n) is 3.15. The SMILES string of the molecule is [2H]CC1(C[2H])c2ccccc2Nc2ccccc21. The first-order chi connectivity index (χ1) is 8.81. The van der Waals surface area contributed by atoms with E-state index in [1.54, 1.807) is 0 Å². The minimum absolute atomic E-state index is 0.201. The molecular formula is C15H15N. The summed E-state index contributed by atoms with van der Waals surface area (Å²) in [4.78, 5) is 0. The van der Waals surface area contributed by atoms with Gasteiger partial charge in [0.05, 0.1) is 0 Å². The Morgan fingerprint density at radius 2 is 1.38 bits per heavy atom. The van der Waals surface area contributed by atoms with E-state index in [0.29, 0.717) is 0 Å². The van der Waals surface area contributed by atoms with Crippen LogP contribution in [0.25, 0.3) is 0 Å². The van der Waals surface area contributed by atoms with Crippen LogP contribution >= 0.6 is 0 Å². The maximum atomic E-state index is 7.96. The molecule has 0 fully saturated rings. The Morgan fingerprint density at radius 3 is 1.88 bits per heavy atom. The zero-order valence-electron chi connectivity index (χ0n) is 11.0. The monoisotopic (exact) mass is 211 g/mol. The summed E-state index contributed by atoms with van der Waals surface area (Å²) in [5.41, 5.74) is 3.67. The van der Waals surface area contributed by atoms with Crippen LogP contribution in [0.4, 0.5) is 11.4 Å². The van der Waals surface area contributed by atoms with Crippen LogP contribution in [0.5, 0.6) is 0 Å². The summed E-state index contributed by atoms with van der Waals surface area (Å²) in [6.45, 7) is 0.401. The van der Waals surface area contributed by atoms with E-state index in [0.717, 1.165) is 22.5 Å². The molecule has 0 aromatic heterocycles. The molecule has 1 aliphatic rings. The van der Waals surface area contributed by atoms with Crippen LogP contribution in [-0.4, -0.2) is 0 Å². The van der Waals surface area contributed by atoms with E-state index in [1.165, 1.54) is 0 Å². The second kappa shape index (κ2) is 3.11. The van der Waals surface area contributed by atoms with Gasteiger partial charge in [-0.05, 0) is 23.3 Å². The topological polar surface area (TPSA) is 12.0 Å². The number of nitrogens with one attached hydrogen (secondary N) is 1. The largest absolute Gasteiger partial charge is 0.355 e. The first-order valence-corrected chi connectivity index (χ1v) is 5.36. The third-order valence-corrected chi connectivity index (χ3v) is 3.15.